The third kappa shape index (κ3) is 3.89. The Morgan fingerprint density at radius 1 is 1.53 bits per heavy atom. The van der Waals surface area contributed by atoms with Gasteiger partial charge in [-0.05, 0) is 34.5 Å². The fourth-order valence-electron chi connectivity index (χ4n) is 1.41. The van der Waals surface area contributed by atoms with Gasteiger partial charge in [-0.2, -0.15) is 0 Å². The maximum atomic E-state index is 11.6. The molecule has 0 amide bonds. The van der Waals surface area contributed by atoms with Crippen LogP contribution < -0.4 is 5.32 Å². The number of carbonyl (C=O) groups is 1. The van der Waals surface area contributed by atoms with Crippen LogP contribution in [0, 0.1) is 0 Å². The maximum absolute atomic E-state index is 11.6. The fraction of sp³-hybridized carbons (Fsp3) is 0.417. The van der Waals surface area contributed by atoms with Gasteiger partial charge < -0.3 is 10.1 Å². The standard InChI is InChI=1S/C12H15BrClNO2/c1-3-4-5-15-11-9(12(16)17-2)6-8(14)7-10(11)13/h6-7,15H,3-5H2,1-2H3. The molecule has 3 nitrogen and oxygen atoms in total. The Morgan fingerprint density at radius 2 is 2.24 bits per heavy atom. The minimum atomic E-state index is -0.396. The third-order valence-electron chi connectivity index (χ3n) is 2.29. The number of methoxy groups -OCH3 is 1. The molecule has 0 aliphatic heterocycles. The Hall–Kier alpha value is -0.740. The zero-order chi connectivity index (χ0) is 12.8. The topological polar surface area (TPSA) is 38.3 Å². The van der Waals surface area contributed by atoms with Gasteiger partial charge in [-0.3, -0.25) is 0 Å². The van der Waals surface area contributed by atoms with Crippen molar-refractivity contribution >= 4 is 39.2 Å². The van der Waals surface area contributed by atoms with Crippen LogP contribution in [0.1, 0.15) is 30.1 Å². The van der Waals surface area contributed by atoms with Crippen LogP contribution in [-0.4, -0.2) is 19.6 Å². The van der Waals surface area contributed by atoms with Crippen LogP contribution in [-0.2, 0) is 4.74 Å². The lowest BCUT2D eigenvalue weighted by atomic mass is 10.1. The molecule has 94 valence electrons. The van der Waals surface area contributed by atoms with Gasteiger partial charge in [0.25, 0.3) is 0 Å². The Bertz CT molecular complexity index is 410. The highest BCUT2D eigenvalue weighted by atomic mass is 79.9. The minimum absolute atomic E-state index is 0.396. The molecular formula is C12H15BrClNO2. The first-order valence-corrected chi connectivity index (χ1v) is 6.58. The van der Waals surface area contributed by atoms with Gasteiger partial charge in [-0.1, -0.05) is 24.9 Å². The van der Waals surface area contributed by atoms with Crippen molar-refractivity contribution in [2.75, 3.05) is 19.0 Å². The molecule has 0 aromatic heterocycles. The molecule has 0 heterocycles. The molecule has 1 N–H and O–H groups in total. The highest BCUT2D eigenvalue weighted by Gasteiger charge is 2.15. The molecular weight excluding hydrogens is 305 g/mol. The minimum Gasteiger partial charge on any atom is -0.465 e. The Balaban J connectivity index is 3.03. The first-order chi connectivity index (χ1) is 8.10. The van der Waals surface area contributed by atoms with Crippen LogP contribution in [0.15, 0.2) is 16.6 Å². The lowest BCUT2D eigenvalue weighted by Gasteiger charge is -2.13. The molecule has 1 aromatic rings. The van der Waals surface area contributed by atoms with Gasteiger partial charge in [-0.15, -0.1) is 0 Å². The van der Waals surface area contributed by atoms with Crippen molar-refractivity contribution in [1.82, 2.24) is 0 Å². The summed E-state index contributed by atoms with van der Waals surface area (Å²) in [6.45, 7) is 2.92. The second kappa shape index (κ2) is 6.87. The highest BCUT2D eigenvalue weighted by molar-refractivity contribution is 9.10. The zero-order valence-corrected chi connectivity index (χ0v) is 12.2. The average molecular weight is 321 g/mol. The molecule has 17 heavy (non-hydrogen) atoms. The number of carbonyl (C=O) groups excluding carboxylic acids is 1. The van der Waals surface area contributed by atoms with E-state index < -0.39 is 5.97 Å². The predicted molar refractivity (Wildman–Crippen MR) is 73.9 cm³/mol. The molecule has 0 saturated carbocycles. The van der Waals surface area contributed by atoms with E-state index in [-0.39, 0.29) is 0 Å². The number of rotatable bonds is 5. The molecule has 0 bridgehead atoms. The quantitative estimate of drug-likeness (QED) is 0.655. The highest BCUT2D eigenvalue weighted by Crippen LogP contribution is 2.31. The summed E-state index contributed by atoms with van der Waals surface area (Å²) in [5.74, 6) is -0.396. The van der Waals surface area contributed by atoms with Crippen molar-refractivity contribution in [3.8, 4) is 0 Å². The van der Waals surface area contributed by atoms with E-state index in [4.69, 9.17) is 16.3 Å². The van der Waals surface area contributed by atoms with Crippen LogP contribution in [0.5, 0.6) is 0 Å². The van der Waals surface area contributed by atoms with Gasteiger partial charge in [-0.25, -0.2) is 4.79 Å². The summed E-state index contributed by atoms with van der Waals surface area (Å²) in [5.41, 5.74) is 1.18. The number of nitrogens with one attached hydrogen (secondary N) is 1. The van der Waals surface area contributed by atoms with E-state index in [9.17, 15) is 4.79 Å². The van der Waals surface area contributed by atoms with E-state index in [1.165, 1.54) is 7.11 Å². The number of unbranched alkanes of at least 4 members (excludes halogenated alkanes) is 1. The molecule has 0 spiro atoms. The molecule has 0 aliphatic rings. The van der Waals surface area contributed by atoms with Gasteiger partial charge >= 0.3 is 5.97 Å². The molecule has 0 radical (unpaired) electrons. The van der Waals surface area contributed by atoms with Crippen molar-refractivity contribution in [1.29, 1.82) is 0 Å². The summed E-state index contributed by atoms with van der Waals surface area (Å²) >= 11 is 9.31. The van der Waals surface area contributed by atoms with E-state index in [0.29, 0.717) is 10.6 Å². The van der Waals surface area contributed by atoms with E-state index in [1.807, 2.05) is 0 Å². The van der Waals surface area contributed by atoms with Crippen molar-refractivity contribution in [3.63, 3.8) is 0 Å². The van der Waals surface area contributed by atoms with E-state index >= 15 is 0 Å². The summed E-state index contributed by atoms with van der Waals surface area (Å²) in [7, 11) is 1.35. The predicted octanol–water partition coefficient (Wildman–Crippen LogP) is 4.10. The average Bonchev–Trinajstić information content (AvgIpc) is 2.30. The maximum Gasteiger partial charge on any atom is 0.340 e. The monoisotopic (exact) mass is 319 g/mol. The van der Waals surface area contributed by atoms with Gasteiger partial charge in [0.15, 0.2) is 0 Å². The third-order valence-corrected chi connectivity index (χ3v) is 3.14. The molecule has 0 saturated heterocycles. The lowest BCUT2D eigenvalue weighted by molar-refractivity contribution is 0.0602. The van der Waals surface area contributed by atoms with E-state index in [2.05, 4.69) is 28.2 Å². The summed E-state index contributed by atoms with van der Waals surface area (Å²) in [6, 6.07) is 3.36. The van der Waals surface area contributed by atoms with E-state index in [1.54, 1.807) is 12.1 Å². The van der Waals surface area contributed by atoms with E-state index in [0.717, 1.165) is 29.5 Å². The number of anilines is 1. The SMILES string of the molecule is CCCCNc1c(Br)cc(Cl)cc1C(=O)OC. The van der Waals surface area contributed by atoms with Gasteiger partial charge in [0.1, 0.15) is 0 Å². The fourth-order valence-corrected chi connectivity index (χ4v) is 2.36. The molecule has 0 atom stereocenters. The largest absolute Gasteiger partial charge is 0.465 e. The second-order valence-electron chi connectivity index (χ2n) is 3.58. The zero-order valence-electron chi connectivity index (χ0n) is 9.85. The van der Waals surface area contributed by atoms with Crippen molar-refractivity contribution < 1.29 is 9.53 Å². The molecule has 0 fully saturated rings. The number of halogens is 2. The van der Waals surface area contributed by atoms with Crippen LogP contribution in [0.4, 0.5) is 5.69 Å². The number of hydrogen-bond donors (Lipinski definition) is 1. The summed E-state index contributed by atoms with van der Waals surface area (Å²) < 4.78 is 5.50. The molecule has 1 aromatic carbocycles. The number of ether oxygens (including phenoxy) is 1. The first kappa shape index (κ1) is 14.3. The van der Waals surface area contributed by atoms with Crippen molar-refractivity contribution in [2.24, 2.45) is 0 Å². The number of benzene rings is 1. The first-order valence-electron chi connectivity index (χ1n) is 5.41. The molecule has 0 unspecified atom stereocenters. The summed E-state index contributed by atoms with van der Waals surface area (Å²) in [5, 5.41) is 3.72. The Kier molecular flexibility index (Phi) is 5.78. The molecule has 5 heteroatoms. The van der Waals surface area contributed by atoms with Crippen LogP contribution >= 0.6 is 27.5 Å². The Morgan fingerprint density at radius 3 is 2.82 bits per heavy atom. The van der Waals surface area contributed by atoms with Gasteiger partial charge in [0.2, 0.25) is 0 Å². The van der Waals surface area contributed by atoms with Gasteiger partial charge in [0.05, 0.1) is 18.4 Å². The number of hydrogen-bond acceptors (Lipinski definition) is 3. The summed E-state index contributed by atoms with van der Waals surface area (Å²) in [6.07, 6.45) is 2.13. The lowest BCUT2D eigenvalue weighted by Crippen LogP contribution is -2.10. The number of esters is 1. The summed E-state index contributed by atoms with van der Waals surface area (Å²) in [4.78, 5) is 11.6. The normalized spacial score (nSPS) is 10.1. The van der Waals surface area contributed by atoms with Crippen LogP contribution in [0.2, 0.25) is 5.02 Å². The smallest absolute Gasteiger partial charge is 0.340 e. The van der Waals surface area contributed by atoms with Crippen molar-refractivity contribution in [3.05, 3.63) is 27.2 Å². The molecule has 1 rings (SSSR count). The van der Waals surface area contributed by atoms with Crippen LogP contribution in [0.25, 0.3) is 0 Å². The van der Waals surface area contributed by atoms with Gasteiger partial charge in [0, 0.05) is 16.0 Å². The van der Waals surface area contributed by atoms with Crippen LogP contribution in [0.3, 0.4) is 0 Å². The Labute approximate surface area is 115 Å². The molecule has 0 aliphatic carbocycles. The van der Waals surface area contributed by atoms with Crippen molar-refractivity contribution in [2.45, 2.75) is 19.8 Å². The second-order valence-corrected chi connectivity index (χ2v) is 4.87.